The van der Waals surface area contributed by atoms with Gasteiger partial charge in [0.2, 0.25) is 0 Å². The molecule has 0 saturated carbocycles. The van der Waals surface area contributed by atoms with Crippen LogP contribution in [0.1, 0.15) is 18.9 Å². The van der Waals surface area contributed by atoms with E-state index >= 15 is 0 Å². The van der Waals surface area contributed by atoms with Crippen LogP contribution in [-0.4, -0.2) is 38.8 Å². The average Bonchev–Trinajstić information content (AvgIpc) is 2.48. The van der Waals surface area contributed by atoms with Crippen LogP contribution in [0.4, 0.5) is 4.79 Å². The number of carbonyl (C=O) groups excluding carboxylic acids is 2. The van der Waals surface area contributed by atoms with Crippen LogP contribution < -0.4 is 15.4 Å². The Hall–Kier alpha value is -2.24. The summed E-state index contributed by atoms with van der Waals surface area (Å²) in [4.78, 5) is 22.6. The molecule has 0 aliphatic heterocycles. The summed E-state index contributed by atoms with van der Waals surface area (Å²) < 4.78 is 9.84. The van der Waals surface area contributed by atoms with E-state index < -0.39 is 0 Å². The van der Waals surface area contributed by atoms with Crippen molar-refractivity contribution in [2.24, 2.45) is 0 Å². The molecule has 6 nitrogen and oxygen atoms in total. The Morgan fingerprint density at radius 2 is 1.76 bits per heavy atom. The topological polar surface area (TPSA) is 76.7 Å². The van der Waals surface area contributed by atoms with Crippen molar-refractivity contribution < 1.29 is 19.1 Å². The van der Waals surface area contributed by atoms with Crippen molar-refractivity contribution in [3.05, 3.63) is 29.8 Å². The third-order valence-corrected chi connectivity index (χ3v) is 2.78. The smallest absolute Gasteiger partial charge is 0.314 e. The Morgan fingerprint density at radius 1 is 1.10 bits per heavy atom. The Balaban J connectivity index is 2.13. The predicted octanol–water partition coefficient (Wildman–Crippen LogP) is 1.49. The first-order valence-corrected chi connectivity index (χ1v) is 6.96. The summed E-state index contributed by atoms with van der Waals surface area (Å²) >= 11 is 0. The number of methoxy groups -OCH3 is 1. The van der Waals surface area contributed by atoms with Gasteiger partial charge in [0.15, 0.2) is 0 Å². The maximum Gasteiger partial charge on any atom is 0.314 e. The molecular formula is C15H22N2O4. The number of benzene rings is 1. The van der Waals surface area contributed by atoms with E-state index in [0.717, 1.165) is 17.7 Å². The molecule has 0 heterocycles. The zero-order valence-corrected chi connectivity index (χ0v) is 12.5. The highest BCUT2D eigenvalue weighted by atomic mass is 16.5. The van der Waals surface area contributed by atoms with Crippen LogP contribution in [0.25, 0.3) is 0 Å². The van der Waals surface area contributed by atoms with Crippen molar-refractivity contribution >= 4 is 12.0 Å². The summed E-state index contributed by atoms with van der Waals surface area (Å²) in [6.45, 7) is 2.90. The van der Waals surface area contributed by atoms with Gasteiger partial charge in [-0.1, -0.05) is 12.1 Å². The number of ether oxygens (including phenoxy) is 2. The van der Waals surface area contributed by atoms with Crippen molar-refractivity contribution in [1.29, 1.82) is 0 Å². The third-order valence-electron chi connectivity index (χ3n) is 2.78. The summed E-state index contributed by atoms with van der Waals surface area (Å²) in [6.07, 6.45) is 0.912. The van der Waals surface area contributed by atoms with Crippen LogP contribution in [0.3, 0.4) is 0 Å². The number of rotatable bonds is 8. The largest absolute Gasteiger partial charge is 0.497 e. The molecule has 6 heteroatoms. The fraction of sp³-hybridized carbons (Fsp3) is 0.467. The van der Waals surface area contributed by atoms with Gasteiger partial charge in [-0.3, -0.25) is 4.79 Å². The molecule has 2 amide bonds. The lowest BCUT2D eigenvalue weighted by molar-refractivity contribution is -0.142. The first-order chi connectivity index (χ1) is 10.2. The summed E-state index contributed by atoms with van der Waals surface area (Å²) in [5, 5.41) is 5.34. The monoisotopic (exact) mass is 294 g/mol. The van der Waals surface area contributed by atoms with Crippen LogP contribution >= 0.6 is 0 Å². The van der Waals surface area contributed by atoms with Crippen LogP contribution in [0, 0.1) is 0 Å². The Kier molecular flexibility index (Phi) is 7.71. The molecule has 1 aromatic rings. The molecule has 0 spiro atoms. The van der Waals surface area contributed by atoms with E-state index in [1.165, 1.54) is 0 Å². The summed E-state index contributed by atoms with van der Waals surface area (Å²) in [5.41, 5.74) is 1.11. The number of urea groups is 1. The zero-order chi connectivity index (χ0) is 15.5. The van der Waals surface area contributed by atoms with Crippen molar-refractivity contribution in [1.82, 2.24) is 10.6 Å². The van der Waals surface area contributed by atoms with Crippen molar-refractivity contribution in [2.75, 3.05) is 26.8 Å². The minimum atomic E-state index is -0.309. The minimum absolute atomic E-state index is 0.180. The fourth-order valence-electron chi connectivity index (χ4n) is 1.69. The van der Waals surface area contributed by atoms with Gasteiger partial charge in [-0.25, -0.2) is 4.79 Å². The van der Waals surface area contributed by atoms with Gasteiger partial charge in [0.1, 0.15) is 5.75 Å². The second-order valence-electron chi connectivity index (χ2n) is 4.34. The van der Waals surface area contributed by atoms with Crippen molar-refractivity contribution in [3.63, 3.8) is 0 Å². The third kappa shape index (κ3) is 7.20. The molecule has 0 aromatic heterocycles. The molecule has 0 aliphatic carbocycles. The van der Waals surface area contributed by atoms with Gasteiger partial charge in [-0.05, 0) is 31.0 Å². The van der Waals surface area contributed by atoms with Gasteiger partial charge >= 0.3 is 12.0 Å². The van der Waals surface area contributed by atoms with E-state index in [1.807, 2.05) is 24.3 Å². The Labute approximate surface area is 124 Å². The summed E-state index contributed by atoms with van der Waals surface area (Å²) in [6, 6.07) is 7.40. The molecule has 116 valence electrons. The molecule has 1 rings (SSSR count). The highest BCUT2D eigenvalue weighted by Gasteiger charge is 2.04. The second kappa shape index (κ2) is 9.63. The Morgan fingerprint density at radius 3 is 2.38 bits per heavy atom. The summed E-state index contributed by atoms with van der Waals surface area (Å²) in [5.74, 6) is 0.499. The van der Waals surface area contributed by atoms with E-state index in [0.29, 0.717) is 13.2 Å². The molecule has 2 N–H and O–H groups in total. The molecule has 0 atom stereocenters. The van der Waals surface area contributed by atoms with Crippen LogP contribution in [-0.2, 0) is 16.0 Å². The number of hydrogen-bond donors (Lipinski definition) is 2. The molecule has 0 saturated heterocycles. The number of hydrogen-bond acceptors (Lipinski definition) is 4. The molecule has 21 heavy (non-hydrogen) atoms. The first-order valence-electron chi connectivity index (χ1n) is 6.96. The van der Waals surface area contributed by atoms with Crippen LogP contribution in [0.15, 0.2) is 24.3 Å². The van der Waals surface area contributed by atoms with Crippen molar-refractivity contribution in [2.45, 2.75) is 19.8 Å². The lowest BCUT2D eigenvalue weighted by atomic mass is 10.1. The maximum absolute atomic E-state index is 11.5. The highest BCUT2D eigenvalue weighted by Crippen LogP contribution is 2.11. The number of esters is 1. The second-order valence-corrected chi connectivity index (χ2v) is 4.34. The maximum atomic E-state index is 11.5. The van der Waals surface area contributed by atoms with E-state index in [-0.39, 0.29) is 25.0 Å². The quantitative estimate of drug-likeness (QED) is 0.712. The molecule has 0 aliphatic rings. The fourth-order valence-corrected chi connectivity index (χ4v) is 1.69. The van der Waals surface area contributed by atoms with E-state index in [9.17, 15) is 9.59 Å². The van der Waals surface area contributed by atoms with Gasteiger partial charge < -0.3 is 20.1 Å². The normalized spacial score (nSPS) is 9.81. The first kappa shape index (κ1) is 16.8. The molecule has 0 bridgehead atoms. The molecule has 1 aromatic carbocycles. The average molecular weight is 294 g/mol. The number of nitrogens with one attached hydrogen (secondary N) is 2. The van der Waals surface area contributed by atoms with Gasteiger partial charge in [0.25, 0.3) is 0 Å². The number of amides is 2. The van der Waals surface area contributed by atoms with Gasteiger partial charge in [-0.15, -0.1) is 0 Å². The lowest BCUT2D eigenvalue weighted by Gasteiger charge is -2.08. The van der Waals surface area contributed by atoms with Crippen molar-refractivity contribution in [3.8, 4) is 5.75 Å². The van der Waals surface area contributed by atoms with E-state index in [4.69, 9.17) is 9.47 Å². The Bertz CT molecular complexity index is 445. The molecule has 0 unspecified atom stereocenters. The number of carbonyl (C=O) groups is 2. The van der Waals surface area contributed by atoms with Crippen LogP contribution in [0.5, 0.6) is 5.75 Å². The van der Waals surface area contributed by atoms with Gasteiger partial charge in [0, 0.05) is 13.1 Å². The van der Waals surface area contributed by atoms with E-state index in [2.05, 4.69) is 10.6 Å². The predicted molar refractivity (Wildman–Crippen MR) is 79.3 cm³/mol. The SMILES string of the molecule is CCOC(=O)CCNC(=O)NCCc1ccc(OC)cc1. The standard InChI is InChI=1S/C15H22N2O4/c1-3-21-14(18)9-11-17-15(19)16-10-8-12-4-6-13(20-2)7-5-12/h4-7H,3,8-11H2,1-2H3,(H2,16,17,19). The van der Waals surface area contributed by atoms with Gasteiger partial charge in [-0.2, -0.15) is 0 Å². The highest BCUT2D eigenvalue weighted by molar-refractivity contribution is 5.75. The minimum Gasteiger partial charge on any atom is -0.497 e. The van der Waals surface area contributed by atoms with Crippen LogP contribution in [0.2, 0.25) is 0 Å². The molecule has 0 radical (unpaired) electrons. The lowest BCUT2D eigenvalue weighted by Crippen LogP contribution is -2.37. The van der Waals surface area contributed by atoms with E-state index in [1.54, 1.807) is 14.0 Å². The molecule has 0 fully saturated rings. The summed E-state index contributed by atoms with van der Waals surface area (Å²) in [7, 11) is 1.62. The van der Waals surface area contributed by atoms with Gasteiger partial charge in [0.05, 0.1) is 20.1 Å². The molecular weight excluding hydrogens is 272 g/mol. The zero-order valence-electron chi connectivity index (χ0n) is 12.5.